The first kappa shape index (κ1) is 14.3. The van der Waals surface area contributed by atoms with Gasteiger partial charge >= 0.3 is 0 Å². The van der Waals surface area contributed by atoms with Crippen molar-refractivity contribution < 1.29 is 0 Å². The molecule has 0 fully saturated rings. The fourth-order valence-electron chi connectivity index (χ4n) is 2.07. The summed E-state index contributed by atoms with van der Waals surface area (Å²) in [6.07, 6.45) is 1.76. The quantitative estimate of drug-likeness (QED) is 0.770. The van der Waals surface area contributed by atoms with E-state index in [0.29, 0.717) is 0 Å². The molecule has 0 spiro atoms. The zero-order valence-electron chi connectivity index (χ0n) is 11.3. The first-order valence-corrected chi connectivity index (χ1v) is 8.07. The van der Waals surface area contributed by atoms with Crippen molar-refractivity contribution in [3.8, 4) is 10.7 Å². The monoisotopic (exact) mass is 360 g/mol. The van der Waals surface area contributed by atoms with Gasteiger partial charge in [0.05, 0.1) is 6.04 Å². The molecule has 0 saturated heterocycles. The van der Waals surface area contributed by atoms with Gasteiger partial charge in [-0.2, -0.15) is 0 Å². The maximum atomic E-state index is 4.36. The Kier molecular flexibility index (Phi) is 4.38. The van der Waals surface area contributed by atoms with Crippen LogP contribution in [0.1, 0.15) is 16.6 Å². The van der Waals surface area contributed by atoms with E-state index in [1.54, 1.807) is 17.5 Å². The minimum Gasteiger partial charge on any atom is -0.307 e. The van der Waals surface area contributed by atoms with E-state index in [4.69, 9.17) is 0 Å². The first-order chi connectivity index (χ1) is 10.3. The average Bonchev–Trinajstić information content (AvgIpc) is 2.99. The maximum absolute atomic E-state index is 4.36. The van der Waals surface area contributed by atoms with E-state index in [1.165, 1.54) is 5.56 Å². The van der Waals surface area contributed by atoms with Crippen molar-refractivity contribution in [3.05, 3.63) is 63.7 Å². The number of aromatic nitrogens is 3. The molecule has 1 N–H and O–H groups in total. The van der Waals surface area contributed by atoms with E-state index in [9.17, 15) is 0 Å². The highest BCUT2D eigenvalue weighted by Gasteiger charge is 2.18. The van der Waals surface area contributed by atoms with Crippen molar-refractivity contribution in [2.45, 2.75) is 6.04 Å². The first-order valence-electron chi connectivity index (χ1n) is 6.46. The van der Waals surface area contributed by atoms with E-state index in [1.807, 2.05) is 37.4 Å². The lowest BCUT2D eigenvalue weighted by molar-refractivity contribution is 0.678. The number of benzene rings is 1. The highest BCUT2D eigenvalue weighted by Crippen LogP contribution is 2.32. The second-order valence-electron chi connectivity index (χ2n) is 4.41. The molecule has 0 aliphatic rings. The Bertz CT molecular complexity index is 729. The Labute approximate surface area is 135 Å². The van der Waals surface area contributed by atoms with Crippen LogP contribution < -0.4 is 5.32 Å². The minimum absolute atomic E-state index is 0.0416. The molecule has 0 radical (unpaired) electrons. The van der Waals surface area contributed by atoms with Gasteiger partial charge in [0.15, 0.2) is 5.01 Å². The molecule has 0 aliphatic carbocycles. The second-order valence-corrected chi connectivity index (χ2v) is 6.28. The molecule has 4 nitrogen and oxygen atoms in total. The highest BCUT2D eigenvalue weighted by atomic mass is 79.9. The van der Waals surface area contributed by atoms with Crippen molar-refractivity contribution in [3.63, 3.8) is 0 Å². The summed E-state index contributed by atoms with van der Waals surface area (Å²) in [5.41, 5.74) is 1.99. The minimum atomic E-state index is 0.0416. The second kappa shape index (κ2) is 6.43. The molecule has 21 heavy (non-hydrogen) atoms. The molecule has 3 aromatic rings. The molecule has 2 heterocycles. The standard InChI is InChI=1S/C15H13BrN4S/c1-17-12(10-6-3-2-4-7-10)14-19-20-15(21-14)13-11(16)8-5-9-18-13/h2-9,12,17H,1H3. The van der Waals surface area contributed by atoms with Gasteiger partial charge in [0.25, 0.3) is 0 Å². The SMILES string of the molecule is CNC(c1ccccc1)c1nnc(-c2ncccc2Br)s1. The van der Waals surface area contributed by atoms with E-state index >= 15 is 0 Å². The molecule has 6 heteroatoms. The van der Waals surface area contributed by atoms with Crippen LogP contribution in [0.25, 0.3) is 10.7 Å². The summed E-state index contributed by atoms with van der Waals surface area (Å²) in [4.78, 5) is 4.36. The van der Waals surface area contributed by atoms with Crippen molar-refractivity contribution in [1.29, 1.82) is 0 Å². The van der Waals surface area contributed by atoms with E-state index in [2.05, 4.69) is 48.6 Å². The van der Waals surface area contributed by atoms with Crippen LogP contribution in [0.5, 0.6) is 0 Å². The van der Waals surface area contributed by atoms with Crippen molar-refractivity contribution in [2.75, 3.05) is 7.05 Å². The van der Waals surface area contributed by atoms with Gasteiger partial charge in [0, 0.05) is 10.7 Å². The largest absolute Gasteiger partial charge is 0.307 e. The molecule has 3 rings (SSSR count). The van der Waals surface area contributed by atoms with E-state index in [-0.39, 0.29) is 6.04 Å². The Hall–Kier alpha value is -1.63. The van der Waals surface area contributed by atoms with Crippen LogP contribution in [0.3, 0.4) is 0 Å². The molecular weight excluding hydrogens is 348 g/mol. The zero-order chi connectivity index (χ0) is 14.7. The third-order valence-electron chi connectivity index (χ3n) is 3.07. The normalized spacial score (nSPS) is 12.3. The Balaban J connectivity index is 1.96. The summed E-state index contributed by atoms with van der Waals surface area (Å²) in [7, 11) is 1.93. The van der Waals surface area contributed by atoms with Crippen LogP contribution in [0.4, 0.5) is 0 Å². The topological polar surface area (TPSA) is 50.7 Å². The van der Waals surface area contributed by atoms with Gasteiger partial charge in [-0.1, -0.05) is 41.7 Å². The van der Waals surface area contributed by atoms with Crippen LogP contribution in [0, 0.1) is 0 Å². The maximum Gasteiger partial charge on any atom is 0.167 e. The predicted octanol–water partition coefficient (Wildman–Crippen LogP) is 3.67. The molecular formula is C15H13BrN4S. The Morgan fingerprint density at radius 2 is 1.90 bits per heavy atom. The van der Waals surface area contributed by atoms with E-state index < -0.39 is 0 Å². The number of hydrogen-bond donors (Lipinski definition) is 1. The third-order valence-corrected chi connectivity index (χ3v) is 4.70. The van der Waals surface area contributed by atoms with Gasteiger partial charge in [-0.3, -0.25) is 4.98 Å². The number of pyridine rings is 1. The van der Waals surface area contributed by atoms with Crippen molar-refractivity contribution >= 4 is 27.3 Å². The number of halogens is 1. The molecule has 2 aromatic heterocycles. The van der Waals surface area contributed by atoms with Crippen LogP contribution in [0.2, 0.25) is 0 Å². The highest BCUT2D eigenvalue weighted by molar-refractivity contribution is 9.10. The summed E-state index contributed by atoms with van der Waals surface area (Å²) < 4.78 is 0.924. The molecule has 0 bridgehead atoms. The van der Waals surface area contributed by atoms with Crippen molar-refractivity contribution in [1.82, 2.24) is 20.5 Å². The molecule has 0 saturated carbocycles. The van der Waals surface area contributed by atoms with Crippen LogP contribution in [-0.2, 0) is 0 Å². The van der Waals surface area contributed by atoms with Gasteiger partial charge < -0.3 is 5.32 Å². The lowest BCUT2D eigenvalue weighted by Crippen LogP contribution is -2.17. The van der Waals surface area contributed by atoms with Gasteiger partial charge in [-0.25, -0.2) is 0 Å². The summed E-state index contributed by atoms with van der Waals surface area (Å²) in [6, 6.07) is 14.1. The summed E-state index contributed by atoms with van der Waals surface area (Å²) in [6.45, 7) is 0. The van der Waals surface area contributed by atoms with Gasteiger partial charge in [-0.05, 0) is 40.7 Å². The predicted molar refractivity (Wildman–Crippen MR) is 88.2 cm³/mol. The Morgan fingerprint density at radius 1 is 1.10 bits per heavy atom. The molecule has 1 unspecified atom stereocenters. The third kappa shape index (κ3) is 3.02. The molecule has 0 aliphatic heterocycles. The molecule has 1 aromatic carbocycles. The van der Waals surface area contributed by atoms with Gasteiger partial charge in [-0.15, -0.1) is 10.2 Å². The number of rotatable bonds is 4. The molecule has 1 atom stereocenters. The van der Waals surface area contributed by atoms with Crippen LogP contribution in [-0.4, -0.2) is 22.2 Å². The molecule has 106 valence electrons. The van der Waals surface area contributed by atoms with Gasteiger partial charge in [0.1, 0.15) is 10.7 Å². The Morgan fingerprint density at radius 3 is 2.62 bits per heavy atom. The number of hydrogen-bond acceptors (Lipinski definition) is 5. The fraction of sp³-hybridized carbons (Fsp3) is 0.133. The lowest BCUT2D eigenvalue weighted by atomic mass is 10.1. The average molecular weight is 361 g/mol. The smallest absolute Gasteiger partial charge is 0.167 e. The number of nitrogens with one attached hydrogen (secondary N) is 1. The van der Waals surface area contributed by atoms with E-state index in [0.717, 1.165) is 20.2 Å². The molecule has 0 amide bonds. The van der Waals surface area contributed by atoms with Crippen LogP contribution >= 0.6 is 27.3 Å². The van der Waals surface area contributed by atoms with Gasteiger partial charge in [0.2, 0.25) is 0 Å². The zero-order valence-corrected chi connectivity index (χ0v) is 13.7. The number of nitrogens with zero attached hydrogens (tertiary/aromatic N) is 3. The van der Waals surface area contributed by atoms with Crippen molar-refractivity contribution in [2.24, 2.45) is 0 Å². The fourth-order valence-corrected chi connectivity index (χ4v) is 3.63. The lowest BCUT2D eigenvalue weighted by Gasteiger charge is -2.12. The van der Waals surface area contributed by atoms with Crippen LogP contribution in [0.15, 0.2) is 53.1 Å². The summed E-state index contributed by atoms with van der Waals surface area (Å²) in [5, 5.41) is 13.6. The summed E-state index contributed by atoms with van der Waals surface area (Å²) in [5.74, 6) is 0. The summed E-state index contributed by atoms with van der Waals surface area (Å²) >= 11 is 5.05.